The van der Waals surface area contributed by atoms with E-state index in [4.69, 9.17) is 0 Å². The van der Waals surface area contributed by atoms with Crippen molar-refractivity contribution in [2.45, 2.75) is 0 Å². The maximum atomic E-state index is 11.8. The van der Waals surface area contributed by atoms with Crippen molar-refractivity contribution in [1.29, 1.82) is 0 Å². The summed E-state index contributed by atoms with van der Waals surface area (Å²) in [6.45, 7) is 0. The molecule has 0 amide bonds. The Morgan fingerprint density at radius 3 is 1.14 bits per heavy atom. The lowest BCUT2D eigenvalue weighted by atomic mass is 9.99. The number of hydrogen-bond donors (Lipinski definition) is 2. The Morgan fingerprint density at radius 2 is 0.864 bits per heavy atom. The largest absolute Gasteiger partial charge is 0.478 e. The van der Waals surface area contributed by atoms with Crippen molar-refractivity contribution in [3.05, 3.63) is 32.5 Å². The molecular weight excluding hydrogens is 970 g/mol. The van der Waals surface area contributed by atoms with Gasteiger partial charge >= 0.3 is 11.9 Å². The van der Waals surface area contributed by atoms with Gasteiger partial charge in [-0.1, -0.05) is 0 Å². The lowest BCUT2D eigenvalue weighted by Gasteiger charge is -2.17. The summed E-state index contributed by atoms with van der Waals surface area (Å²) in [4.78, 5) is 23.5. The van der Waals surface area contributed by atoms with Crippen LogP contribution in [0.5, 0.6) is 0 Å². The molecule has 0 saturated carbocycles. The molecule has 0 aromatic heterocycles. The van der Waals surface area contributed by atoms with Crippen LogP contribution in [0.2, 0.25) is 0 Å². The van der Waals surface area contributed by atoms with E-state index >= 15 is 0 Å². The summed E-state index contributed by atoms with van der Waals surface area (Å²) in [6.07, 6.45) is 0. The predicted molar refractivity (Wildman–Crippen MR) is 134 cm³/mol. The molecule has 0 atom stereocenters. The zero-order valence-electron chi connectivity index (χ0n) is 9.98. The Kier molecular flexibility index (Phi) is 7.14. The second-order valence-corrected chi connectivity index (χ2v) is 10.5. The van der Waals surface area contributed by atoms with Gasteiger partial charge in [-0.25, -0.2) is 9.59 Å². The molecule has 0 radical (unpaired) electrons. The molecule has 0 spiro atoms. The highest BCUT2D eigenvalue weighted by Crippen LogP contribution is 2.41. The standard InChI is InChI=1S/C12H2I6O4/c13-5-2-1(3(11(19)20)7(15)9(5)17)4(12(21)22)8(16)10(18)6(2)14/h(H,19,20)(H,21,22). The highest BCUT2D eigenvalue weighted by Gasteiger charge is 2.29. The van der Waals surface area contributed by atoms with E-state index in [0.29, 0.717) is 17.9 Å². The average Bonchev–Trinajstić information content (AvgIpc) is 2.41. The first-order valence-electron chi connectivity index (χ1n) is 5.24. The number of fused-ring (bicyclic) bond motifs is 1. The molecule has 0 aliphatic rings. The van der Waals surface area contributed by atoms with E-state index in [9.17, 15) is 19.8 Å². The molecule has 2 aromatic rings. The number of aromatic carboxylic acids is 2. The highest BCUT2D eigenvalue weighted by atomic mass is 127. The fourth-order valence-electron chi connectivity index (χ4n) is 1.94. The predicted octanol–water partition coefficient (Wildman–Crippen LogP) is 5.86. The van der Waals surface area contributed by atoms with Crippen LogP contribution in [0.1, 0.15) is 20.7 Å². The molecule has 10 heteroatoms. The molecule has 2 rings (SSSR count). The summed E-state index contributed by atoms with van der Waals surface area (Å²) >= 11 is 12.5. The molecular formula is C12H2I6O4. The van der Waals surface area contributed by atoms with Crippen LogP contribution in [-0.2, 0) is 0 Å². The van der Waals surface area contributed by atoms with Crippen LogP contribution in [0.25, 0.3) is 10.8 Å². The third-order valence-electron chi connectivity index (χ3n) is 2.83. The summed E-state index contributed by atoms with van der Waals surface area (Å²) in [5, 5.41) is 20.3. The van der Waals surface area contributed by atoms with Gasteiger partial charge in [0.05, 0.1) is 11.1 Å². The number of carboxylic acid groups (broad SMARTS) is 2. The smallest absolute Gasteiger partial charge is 0.337 e. The van der Waals surface area contributed by atoms with Gasteiger partial charge in [-0.3, -0.25) is 0 Å². The fourth-order valence-corrected chi connectivity index (χ4v) is 7.73. The molecule has 116 valence electrons. The minimum absolute atomic E-state index is 0.0602. The minimum atomic E-state index is -1.11. The van der Waals surface area contributed by atoms with E-state index in [2.05, 4.69) is 90.4 Å². The Hall–Kier alpha value is 2.02. The van der Waals surface area contributed by atoms with Crippen molar-refractivity contribution < 1.29 is 19.8 Å². The lowest BCUT2D eigenvalue weighted by molar-refractivity contribution is 0.0694. The van der Waals surface area contributed by atoms with Crippen molar-refractivity contribution in [3.8, 4) is 0 Å². The third-order valence-corrected chi connectivity index (χ3v) is 13.4. The monoisotopic (exact) mass is 971 g/mol. The highest BCUT2D eigenvalue weighted by molar-refractivity contribution is 14.1. The number of rotatable bonds is 2. The summed E-state index contributed by atoms with van der Waals surface area (Å²) in [5.41, 5.74) is 0.120. The van der Waals surface area contributed by atoms with Gasteiger partial charge in [0, 0.05) is 32.2 Å². The summed E-state index contributed by atoms with van der Waals surface area (Å²) in [7, 11) is 0. The van der Waals surface area contributed by atoms with Gasteiger partial charge in [0.2, 0.25) is 0 Å². The van der Waals surface area contributed by atoms with Crippen molar-refractivity contribution in [1.82, 2.24) is 0 Å². The maximum Gasteiger partial charge on any atom is 0.337 e. The van der Waals surface area contributed by atoms with Gasteiger partial charge in [-0.2, -0.15) is 0 Å². The molecule has 4 nitrogen and oxygen atoms in total. The van der Waals surface area contributed by atoms with Gasteiger partial charge in [-0.05, 0) is 136 Å². The van der Waals surface area contributed by atoms with Gasteiger partial charge in [0.25, 0.3) is 0 Å². The van der Waals surface area contributed by atoms with E-state index in [1.54, 1.807) is 0 Å². The molecule has 0 unspecified atom stereocenters. The number of carbonyl (C=O) groups is 2. The van der Waals surface area contributed by atoms with Crippen molar-refractivity contribution in [2.24, 2.45) is 0 Å². The molecule has 2 N–H and O–H groups in total. The van der Waals surface area contributed by atoms with Gasteiger partial charge in [0.1, 0.15) is 0 Å². The SMILES string of the molecule is O=C(O)c1c(I)c(I)c(I)c2c(I)c(I)c(I)c(C(=O)O)c12. The zero-order valence-corrected chi connectivity index (χ0v) is 22.9. The Balaban J connectivity index is 3.35. The molecule has 22 heavy (non-hydrogen) atoms. The van der Waals surface area contributed by atoms with Crippen LogP contribution in [0.15, 0.2) is 0 Å². The van der Waals surface area contributed by atoms with E-state index in [1.807, 2.05) is 45.2 Å². The van der Waals surface area contributed by atoms with Crippen LogP contribution < -0.4 is 0 Å². The first-order valence-corrected chi connectivity index (χ1v) is 11.7. The molecule has 0 heterocycles. The van der Waals surface area contributed by atoms with Crippen molar-refractivity contribution in [3.63, 3.8) is 0 Å². The van der Waals surface area contributed by atoms with Gasteiger partial charge < -0.3 is 10.2 Å². The van der Waals surface area contributed by atoms with Crippen molar-refractivity contribution >= 4 is 158 Å². The number of hydrogen-bond acceptors (Lipinski definition) is 2. The van der Waals surface area contributed by atoms with Crippen LogP contribution in [0, 0.1) is 21.4 Å². The van der Waals surface area contributed by atoms with Crippen LogP contribution in [-0.4, -0.2) is 22.2 Å². The number of carboxylic acids is 2. The summed E-state index contributed by atoms with van der Waals surface area (Å²) in [6, 6.07) is 0. The quantitative estimate of drug-likeness (QED) is 0.293. The second kappa shape index (κ2) is 7.72. The fraction of sp³-hybridized carbons (Fsp3) is 0. The molecule has 2 aromatic carbocycles. The van der Waals surface area contributed by atoms with E-state index in [1.165, 1.54) is 0 Å². The third kappa shape index (κ3) is 3.33. The molecule has 0 aliphatic heterocycles. The van der Waals surface area contributed by atoms with Gasteiger partial charge in [0.15, 0.2) is 0 Å². The van der Waals surface area contributed by atoms with Crippen LogP contribution in [0.4, 0.5) is 0 Å². The maximum absolute atomic E-state index is 11.8. The molecule has 0 fully saturated rings. The first kappa shape index (κ1) is 20.3. The molecule has 0 saturated heterocycles. The van der Waals surface area contributed by atoms with Crippen molar-refractivity contribution in [2.75, 3.05) is 0 Å². The van der Waals surface area contributed by atoms with Crippen LogP contribution >= 0.6 is 136 Å². The van der Waals surface area contributed by atoms with E-state index < -0.39 is 11.9 Å². The zero-order chi connectivity index (χ0) is 16.9. The Bertz CT molecular complexity index is 795. The number of halogens is 6. The molecule has 0 aliphatic carbocycles. The topological polar surface area (TPSA) is 74.6 Å². The second-order valence-electron chi connectivity index (χ2n) is 3.99. The normalized spacial score (nSPS) is 11.0. The minimum Gasteiger partial charge on any atom is -0.478 e. The summed E-state index contributed by atoms with van der Waals surface area (Å²) < 4.78 is 4.55. The molecule has 0 bridgehead atoms. The van der Waals surface area contributed by atoms with E-state index in [-0.39, 0.29) is 11.1 Å². The lowest BCUT2D eigenvalue weighted by Crippen LogP contribution is -2.13. The Morgan fingerprint density at radius 1 is 0.545 bits per heavy atom. The van der Waals surface area contributed by atoms with Crippen LogP contribution in [0.3, 0.4) is 0 Å². The first-order chi connectivity index (χ1) is 10.1. The average molecular weight is 972 g/mol. The number of benzene rings is 2. The Labute approximate surface area is 206 Å². The van der Waals surface area contributed by atoms with Gasteiger partial charge in [-0.15, -0.1) is 0 Å². The van der Waals surface area contributed by atoms with E-state index in [0.717, 1.165) is 14.3 Å². The summed E-state index contributed by atoms with van der Waals surface area (Å²) in [5.74, 6) is -2.22.